The number of hydrogen-bond acceptors (Lipinski definition) is 5. The highest BCUT2D eigenvalue weighted by molar-refractivity contribution is 7.10. The predicted molar refractivity (Wildman–Crippen MR) is 56.5 cm³/mol. The molecule has 1 fully saturated rings. The molecular formula is C9H15N3OS. The van der Waals surface area contributed by atoms with Gasteiger partial charge in [-0.15, -0.1) is 5.10 Å². The van der Waals surface area contributed by atoms with Crippen LogP contribution in [0.2, 0.25) is 0 Å². The van der Waals surface area contributed by atoms with Crippen LogP contribution in [0.15, 0.2) is 0 Å². The minimum atomic E-state index is 0.446. The third kappa shape index (κ3) is 2.22. The Kier molecular flexibility index (Phi) is 3.31. The van der Waals surface area contributed by atoms with Crippen LogP contribution in [0.5, 0.6) is 0 Å². The van der Waals surface area contributed by atoms with Crippen molar-refractivity contribution in [1.82, 2.24) is 9.59 Å². The van der Waals surface area contributed by atoms with Gasteiger partial charge in [0.25, 0.3) is 0 Å². The van der Waals surface area contributed by atoms with Crippen LogP contribution in [0.3, 0.4) is 0 Å². The van der Waals surface area contributed by atoms with Gasteiger partial charge in [0.05, 0.1) is 12.7 Å². The minimum absolute atomic E-state index is 0.446. The van der Waals surface area contributed by atoms with Crippen molar-refractivity contribution in [2.24, 2.45) is 0 Å². The Balaban J connectivity index is 1.84. The summed E-state index contributed by atoms with van der Waals surface area (Å²) in [6, 6.07) is 0. The van der Waals surface area contributed by atoms with Gasteiger partial charge in [-0.2, -0.15) is 0 Å². The number of nitrogens with zero attached hydrogens (tertiary/aromatic N) is 2. The maximum Gasteiger partial charge on any atom is 0.135 e. The molecule has 1 aliphatic carbocycles. The summed E-state index contributed by atoms with van der Waals surface area (Å²) in [4.78, 5) is 0. The summed E-state index contributed by atoms with van der Waals surface area (Å²) in [5.41, 5.74) is 0.935. The van der Waals surface area contributed by atoms with Gasteiger partial charge in [0.1, 0.15) is 10.7 Å². The molecule has 0 amide bonds. The first-order valence-corrected chi connectivity index (χ1v) is 5.78. The highest BCUT2D eigenvalue weighted by atomic mass is 32.1. The van der Waals surface area contributed by atoms with E-state index < -0.39 is 0 Å². The zero-order valence-electron chi connectivity index (χ0n) is 8.32. The molecule has 4 nitrogen and oxygen atoms in total. The van der Waals surface area contributed by atoms with Crippen LogP contribution in [0.4, 0.5) is 5.00 Å². The van der Waals surface area contributed by atoms with E-state index >= 15 is 0 Å². The van der Waals surface area contributed by atoms with Crippen LogP contribution < -0.4 is 5.32 Å². The second-order valence-corrected chi connectivity index (χ2v) is 4.27. The molecule has 1 N–H and O–H groups in total. The molecule has 1 aromatic heterocycles. The lowest BCUT2D eigenvalue weighted by molar-refractivity contribution is 0.0440. The summed E-state index contributed by atoms with van der Waals surface area (Å²) >= 11 is 1.38. The lowest BCUT2D eigenvalue weighted by Gasteiger charge is -2.09. The molecule has 0 aliphatic heterocycles. The molecule has 0 radical (unpaired) electrons. The van der Waals surface area contributed by atoms with Crippen molar-refractivity contribution in [2.45, 2.75) is 38.4 Å². The molecule has 1 heterocycles. The molecule has 0 saturated heterocycles. The molecule has 2 rings (SSSR count). The van der Waals surface area contributed by atoms with E-state index in [1.165, 1.54) is 37.2 Å². The van der Waals surface area contributed by atoms with Gasteiger partial charge in [-0.25, -0.2) is 0 Å². The second-order valence-electron chi connectivity index (χ2n) is 3.52. The van der Waals surface area contributed by atoms with E-state index in [-0.39, 0.29) is 0 Å². The maximum atomic E-state index is 5.75. The summed E-state index contributed by atoms with van der Waals surface area (Å²) in [5.74, 6) is 0. The molecule has 78 valence electrons. The number of aromatic nitrogens is 2. The van der Waals surface area contributed by atoms with Gasteiger partial charge in [0.15, 0.2) is 0 Å². The van der Waals surface area contributed by atoms with Crippen molar-refractivity contribution in [1.29, 1.82) is 0 Å². The normalized spacial score (nSPS) is 17.5. The number of rotatable bonds is 4. The van der Waals surface area contributed by atoms with E-state index in [1.807, 2.05) is 7.05 Å². The molecule has 0 spiro atoms. The average molecular weight is 213 g/mol. The minimum Gasteiger partial charge on any atom is -0.377 e. The first-order chi connectivity index (χ1) is 6.90. The van der Waals surface area contributed by atoms with E-state index in [0.717, 1.165) is 10.7 Å². The topological polar surface area (TPSA) is 47.0 Å². The van der Waals surface area contributed by atoms with E-state index in [0.29, 0.717) is 12.7 Å². The van der Waals surface area contributed by atoms with Crippen molar-refractivity contribution in [2.75, 3.05) is 12.4 Å². The Morgan fingerprint density at radius 1 is 1.50 bits per heavy atom. The molecule has 1 aromatic rings. The monoisotopic (exact) mass is 213 g/mol. The van der Waals surface area contributed by atoms with Gasteiger partial charge < -0.3 is 10.1 Å². The van der Waals surface area contributed by atoms with Gasteiger partial charge in [-0.3, -0.25) is 0 Å². The summed E-state index contributed by atoms with van der Waals surface area (Å²) in [6.45, 7) is 0.595. The molecule has 0 unspecified atom stereocenters. The molecule has 0 bridgehead atoms. The maximum absolute atomic E-state index is 5.75. The van der Waals surface area contributed by atoms with Crippen molar-refractivity contribution in [3.63, 3.8) is 0 Å². The number of anilines is 1. The Bertz CT molecular complexity index is 283. The standard InChI is InChI=1S/C9H15N3OS/c1-10-9-8(11-12-14-9)6-13-7-4-2-3-5-7/h7,10H,2-6H2,1H3. The fraction of sp³-hybridized carbons (Fsp3) is 0.778. The zero-order valence-corrected chi connectivity index (χ0v) is 9.14. The van der Waals surface area contributed by atoms with Crippen LogP contribution >= 0.6 is 11.5 Å². The molecule has 1 saturated carbocycles. The number of ether oxygens (including phenoxy) is 1. The summed E-state index contributed by atoms with van der Waals surface area (Å²) in [7, 11) is 1.88. The van der Waals surface area contributed by atoms with Gasteiger partial charge in [0.2, 0.25) is 0 Å². The fourth-order valence-corrected chi connectivity index (χ4v) is 2.26. The average Bonchev–Trinajstić information content (AvgIpc) is 2.85. The summed E-state index contributed by atoms with van der Waals surface area (Å²) in [6.07, 6.45) is 5.46. The van der Waals surface area contributed by atoms with Crippen LogP contribution in [-0.4, -0.2) is 22.7 Å². The Morgan fingerprint density at radius 2 is 2.29 bits per heavy atom. The zero-order chi connectivity index (χ0) is 9.80. The van der Waals surface area contributed by atoms with Gasteiger partial charge in [0, 0.05) is 18.6 Å². The smallest absolute Gasteiger partial charge is 0.135 e. The molecule has 1 aliphatic rings. The Hall–Kier alpha value is -0.680. The molecule has 0 aromatic carbocycles. The Morgan fingerprint density at radius 3 is 3.00 bits per heavy atom. The highest BCUT2D eigenvalue weighted by Crippen LogP contribution is 2.24. The van der Waals surface area contributed by atoms with E-state index in [4.69, 9.17) is 4.74 Å². The molecule has 14 heavy (non-hydrogen) atoms. The number of nitrogens with one attached hydrogen (secondary N) is 1. The van der Waals surface area contributed by atoms with Crippen LogP contribution in [0.25, 0.3) is 0 Å². The lowest BCUT2D eigenvalue weighted by atomic mass is 10.3. The predicted octanol–water partition coefficient (Wildman–Crippen LogP) is 2.04. The molecular weight excluding hydrogens is 198 g/mol. The van der Waals surface area contributed by atoms with Crippen molar-refractivity contribution in [3.05, 3.63) is 5.69 Å². The number of hydrogen-bond donors (Lipinski definition) is 1. The summed E-state index contributed by atoms with van der Waals surface area (Å²) in [5, 5.41) is 8.11. The fourth-order valence-electron chi connectivity index (χ4n) is 1.74. The van der Waals surface area contributed by atoms with Gasteiger partial charge in [-0.1, -0.05) is 17.3 Å². The van der Waals surface area contributed by atoms with E-state index in [2.05, 4.69) is 14.9 Å². The van der Waals surface area contributed by atoms with Crippen molar-refractivity contribution in [3.8, 4) is 0 Å². The van der Waals surface area contributed by atoms with Crippen molar-refractivity contribution >= 4 is 16.5 Å². The molecule has 0 atom stereocenters. The molecule has 5 heteroatoms. The lowest BCUT2D eigenvalue weighted by Crippen LogP contribution is -2.08. The third-order valence-corrected chi connectivity index (χ3v) is 3.33. The van der Waals surface area contributed by atoms with E-state index in [1.54, 1.807) is 0 Å². The quantitative estimate of drug-likeness (QED) is 0.831. The van der Waals surface area contributed by atoms with Crippen LogP contribution in [0.1, 0.15) is 31.4 Å². The SMILES string of the molecule is CNc1snnc1COC1CCCC1. The summed E-state index contributed by atoms with van der Waals surface area (Å²) < 4.78 is 9.64. The Labute approximate surface area is 87.8 Å². The third-order valence-electron chi connectivity index (χ3n) is 2.54. The first kappa shape index (κ1) is 9.86. The van der Waals surface area contributed by atoms with Gasteiger partial charge >= 0.3 is 0 Å². The van der Waals surface area contributed by atoms with Crippen LogP contribution in [-0.2, 0) is 11.3 Å². The van der Waals surface area contributed by atoms with Gasteiger partial charge in [-0.05, 0) is 12.8 Å². The largest absolute Gasteiger partial charge is 0.377 e. The van der Waals surface area contributed by atoms with Crippen molar-refractivity contribution < 1.29 is 4.74 Å². The van der Waals surface area contributed by atoms with E-state index in [9.17, 15) is 0 Å². The van der Waals surface area contributed by atoms with Crippen LogP contribution in [0, 0.1) is 0 Å². The first-order valence-electron chi connectivity index (χ1n) is 5.00. The second kappa shape index (κ2) is 4.70. The highest BCUT2D eigenvalue weighted by Gasteiger charge is 2.16.